The third kappa shape index (κ3) is 2.99. The van der Waals surface area contributed by atoms with Crippen LogP contribution in [0.1, 0.15) is 13.3 Å². The highest BCUT2D eigenvalue weighted by atomic mass is 32.2. The quantitative estimate of drug-likeness (QED) is 0.677. The van der Waals surface area contributed by atoms with Crippen molar-refractivity contribution < 1.29 is 9.59 Å². The first-order valence-corrected chi connectivity index (χ1v) is 6.12. The van der Waals surface area contributed by atoms with E-state index in [4.69, 9.17) is 0 Å². The van der Waals surface area contributed by atoms with E-state index in [2.05, 4.69) is 12.2 Å². The maximum Gasteiger partial charge on any atom is 0.240 e. The average Bonchev–Trinajstić information content (AvgIpc) is 2.12. The molecule has 0 bridgehead atoms. The van der Waals surface area contributed by atoms with Crippen LogP contribution < -0.4 is 5.32 Å². The first-order chi connectivity index (χ1) is 6.67. The molecule has 0 saturated carbocycles. The molecule has 1 aliphatic heterocycles. The number of rotatable bonds is 4. The normalized spacial score (nSPS) is 20.7. The molecule has 1 saturated heterocycles. The first kappa shape index (κ1) is 11.5. The smallest absolute Gasteiger partial charge is 0.240 e. The van der Waals surface area contributed by atoms with Gasteiger partial charge in [-0.2, -0.15) is 11.8 Å². The second-order valence-corrected chi connectivity index (χ2v) is 4.30. The Balaban J connectivity index is 2.56. The molecule has 1 unspecified atom stereocenters. The van der Waals surface area contributed by atoms with Gasteiger partial charge in [-0.1, -0.05) is 6.92 Å². The van der Waals surface area contributed by atoms with Gasteiger partial charge in [-0.05, 0) is 12.7 Å². The third-order valence-corrected chi connectivity index (χ3v) is 3.04. The second kappa shape index (κ2) is 5.36. The molecule has 5 heteroatoms. The number of nitrogens with zero attached hydrogens (tertiary/aromatic N) is 1. The Bertz CT molecular complexity index is 217. The molecular formula is C9H16N2O2S. The first-order valence-electron chi connectivity index (χ1n) is 4.73. The Hall–Kier alpha value is -0.550. The Labute approximate surface area is 88.4 Å². The standard InChI is InChI=1S/C9H16N2O2S/c1-3-7(6-14-2)11-4-8(12)10-9(13)5-11/h7H,3-6H2,1-2H3,(H,10,12,13). The summed E-state index contributed by atoms with van der Waals surface area (Å²) in [6.45, 7) is 2.79. The molecule has 1 N–H and O–H groups in total. The predicted molar refractivity (Wildman–Crippen MR) is 57.2 cm³/mol. The van der Waals surface area contributed by atoms with E-state index in [1.165, 1.54) is 0 Å². The van der Waals surface area contributed by atoms with Crippen molar-refractivity contribution >= 4 is 23.6 Å². The van der Waals surface area contributed by atoms with Gasteiger partial charge in [0.15, 0.2) is 0 Å². The fraction of sp³-hybridized carbons (Fsp3) is 0.778. The lowest BCUT2D eigenvalue weighted by Crippen LogP contribution is -2.55. The van der Waals surface area contributed by atoms with Crippen LogP contribution in [0.3, 0.4) is 0 Å². The SMILES string of the molecule is CCC(CSC)N1CC(=O)NC(=O)C1. The lowest BCUT2D eigenvalue weighted by Gasteiger charge is -2.32. The molecule has 1 aliphatic rings. The number of thioether (sulfide) groups is 1. The summed E-state index contributed by atoms with van der Waals surface area (Å²) in [5, 5.41) is 2.30. The summed E-state index contributed by atoms with van der Waals surface area (Å²) < 4.78 is 0. The summed E-state index contributed by atoms with van der Waals surface area (Å²) in [6.07, 6.45) is 3.01. The monoisotopic (exact) mass is 216 g/mol. The van der Waals surface area contributed by atoms with E-state index < -0.39 is 0 Å². The highest BCUT2D eigenvalue weighted by Crippen LogP contribution is 2.11. The zero-order valence-electron chi connectivity index (χ0n) is 8.58. The predicted octanol–water partition coefficient (Wildman–Crippen LogP) is 0.0864. The van der Waals surface area contributed by atoms with Crippen LogP contribution in [0.2, 0.25) is 0 Å². The van der Waals surface area contributed by atoms with Crippen LogP contribution in [-0.4, -0.2) is 47.9 Å². The van der Waals surface area contributed by atoms with E-state index in [0.29, 0.717) is 19.1 Å². The van der Waals surface area contributed by atoms with Crippen molar-refractivity contribution in [3.8, 4) is 0 Å². The van der Waals surface area contributed by atoms with Crippen molar-refractivity contribution in [3.63, 3.8) is 0 Å². The third-order valence-electron chi connectivity index (χ3n) is 2.32. The molecule has 1 fully saturated rings. The minimum absolute atomic E-state index is 0.180. The van der Waals surface area contributed by atoms with Gasteiger partial charge < -0.3 is 0 Å². The van der Waals surface area contributed by atoms with Gasteiger partial charge in [0.1, 0.15) is 0 Å². The van der Waals surface area contributed by atoms with Crippen molar-refractivity contribution in [2.75, 3.05) is 25.1 Å². The lowest BCUT2D eigenvalue weighted by molar-refractivity contribution is -0.136. The van der Waals surface area contributed by atoms with E-state index in [0.717, 1.165) is 12.2 Å². The minimum Gasteiger partial charge on any atom is -0.294 e. The molecule has 2 amide bonds. The summed E-state index contributed by atoms with van der Waals surface area (Å²) in [4.78, 5) is 24.2. The van der Waals surface area contributed by atoms with Crippen LogP contribution in [0, 0.1) is 0 Å². The van der Waals surface area contributed by atoms with Crippen molar-refractivity contribution in [2.45, 2.75) is 19.4 Å². The highest BCUT2D eigenvalue weighted by Gasteiger charge is 2.26. The molecule has 1 atom stereocenters. The summed E-state index contributed by atoms with van der Waals surface area (Å²) in [5.41, 5.74) is 0. The number of carbonyl (C=O) groups is 2. The fourth-order valence-electron chi connectivity index (χ4n) is 1.59. The van der Waals surface area contributed by atoms with Crippen molar-refractivity contribution in [2.24, 2.45) is 0 Å². The maximum atomic E-state index is 11.1. The number of hydrogen-bond donors (Lipinski definition) is 1. The van der Waals surface area contributed by atoms with E-state index in [1.807, 2.05) is 11.2 Å². The summed E-state index contributed by atoms with van der Waals surface area (Å²) in [5.74, 6) is 0.610. The van der Waals surface area contributed by atoms with E-state index in [9.17, 15) is 9.59 Å². The molecule has 0 aromatic carbocycles. The van der Waals surface area contributed by atoms with Crippen LogP contribution in [0.15, 0.2) is 0 Å². The van der Waals surface area contributed by atoms with Gasteiger partial charge >= 0.3 is 0 Å². The molecule has 14 heavy (non-hydrogen) atoms. The largest absolute Gasteiger partial charge is 0.294 e. The van der Waals surface area contributed by atoms with Crippen LogP contribution in [-0.2, 0) is 9.59 Å². The molecular weight excluding hydrogens is 200 g/mol. The number of amides is 2. The molecule has 0 spiro atoms. The molecule has 1 heterocycles. The van der Waals surface area contributed by atoms with Gasteiger partial charge in [-0.25, -0.2) is 0 Å². The second-order valence-electron chi connectivity index (χ2n) is 3.39. The Morgan fingerprint density at radius 3 is 2.43 bits per heavy atom. The van der Waals surface area contributed by atoms with E-state index in [-0.39, 0.29) is 11.8 Å². The van der Waals surface area contributed by atoms with Gasteiger partial charge in [0, 0.05) is 11.8 Å². The van der Waals surface area contributed by atoms with Gasteiger partial charge in [-0.15, -0.1) is 0 Å². The topological polar surface area (TPSA) is 49.4 Å². The highest BCUT2D eigenvalue weighted by molar-refractivity contribution is 7.98. The Morgan fingerprint density at radius 1 is 1.43 bits per heavy atom. The molecule has 0 aromatic heterocycles. The molecule has 80 valence electrons. The molecule has 0 radical (unpaired) electrons. The van der Waals surface area contributed by atoms with Crippen LogP contribution in [0.4, 0.5) is 0 Å². The summed E-state index contributed by atoms with van der Waals surface area (Å²) in [7, 11) is 0. The number of piperazine rings is 1. The minimum atomic E-state index is -0.180. The van der Waals surface area contributed by atoms with Gasteiger partial charge in [-0.3, -0.25) is 19.8 Å². The lowest BCUT2D eigenvalue weighted by atomic mass is 10.2. The van der Waals surface area contributed by atoms with Crippen LogP contribution in [0.25, 0.3) is 0 Å². The Kier molecular flexibility index (Phi) is 4.41. The van der Waals surface area contributed by atoms with E-state index in [1.54, 1.807) is 11.8 Å². The Morgan fingerprint density at radius 2 is 2.00 bits per heavy atom. The number of carbonyl (C=O) groups excluding carboxylic acids is 2. The van der Waals surface area contributed by atoms with E-state index >= 15 is 0 Å². The fourth-order valence-corrected chi connectivity index (χ4v) is 2.42. The average molecular weight is 216 g/mol. The van der Waals surface area contributed by atoms with Crippen molar-refractivity contribution in [1.29, 1.82) is 0 Å². The van der Waals surface area contributed by atoms with Gasteiger partial charge in [0.05, 0.1) is 13.1 Å². The van der Waals surface area contributed by atoms with Crippen LogP contribution >= 0.6 is 11.8 Å². The van der Waals surface area contributed by atoms with Crippen molar-refractivity contribution in [3.05, 3.63) is 0 Å². The van der Waals surface area contributed by atoms with Crippen LogP contribution in [0.5, 0.6) is 0 Å². The van der Waals surface area contributed by atoms with Gasteiger partial charge in [0.2, 0.25) is 11.8 Å². The summed E-state index contributed by atoms with van der Waals surface area (Å²) in [6, 6.07) is 0.333. The van der Waals surface area contributed by atoms with Crippen molar-refractivity contribution in [1.82, 2.24) is 10.2 Å². The number of nitrogens with one attached hydrogen (secondary N) is 1. The number of hydrogen-bond acceptors (Lipinski definition) is 4. The molecule has 1 rings (SSSR count). The zero-order chi connectivity index (χ0) is 10.6. The maximum absolute atomic E-state index is 11.1. The summed E-state index contributed by atoms with van der Waals surface area (Å²) >= 11 is 1.75. The zero-order valence-corrected chi connectivity index (χ0v) is 9.39. The van der Waals surface area contributed by atoms with Gasteiger partial charge in [0.25, 0.3) is 0 Å². The molecule has 4 nitrogen and oxygen atoms in total. The number of imide groups is 1. The molecule has 0 aliphatic carbocycles. The molecule has 0 aromatic rings.